The van der Waals surface area contributed by atoms with Crippen LogP contribution in [-0.4, -0.2) is 73.7 Å². The highest BCUT2D eigenvalue weighted by Gasteiger charge is 2.38. The summed E-state index contributed by atoms with van der Waals surface area (Å²) in [7, 11) is 2.12. The van der Waals surface area contributed by atoms with Gasteiger partial charge in [-0.2, -0.15) is 31.4 Å². The second-order valence-electron chi connectivity index (χ2n) is 8.56. The number of thiophene rings is 1. The number of carboxylic acid groups (broad SMARTS) is 2. The van der Waals surface area contributed by atoms with Gasteiger partial charge in [-0.25, -0.2) is 9.59 Å². The van der Waals surface area contributed by atoms with Crippen molar-refractivity contribution >= 4 is 23.3 Å². The molecule has 0 amide bonds. The fourth-order valence-corrected chi connectivity index (χ4v) is 4.85. The highest BCUT2D eigenvalue weighted by molar-refractivity contribution is 7.11. The molecule has 37 heavy (non-hydrogen) atoms. The number of rotatable bonds is 4. The van der Waals surface area contributed by atoms with Crippen molar-refractivity contribution in [2.75, 3.05) is 19.6 Å². The Morgan fingerprint density at radius 1 is 0.946 bits per heavy atom. The van der Waals surface area contributed by atoms with Crippen LogP contribution in [0.5, 0.6) is 0 Å². The van der Waals surface area contributed by atoms with E-state index in [4.69, 9.17) is 24.9 Å². The molecule has 2 aromatic heterocycles. The van der Waals surface area contributed by atoms with Gasteiger partial charge in [0.2, 0.25) is 0 Å². The molecule has 2 aliphatic heterocycles. The summed E-state index contributed by atoms with van der Waals surface area (Å²) in [4.78, 5) is 25.8. The van der Waals surface area contributed by atoms with E-state index in [0.717, 1.165) is 32.6 Å². The van der Waals surface area contributed by atoms with Crippen LogP contribution in [0, 0.1) is 6.92 Å². The van der Waals surface area contributed by atoms with Gasteiger partial charge >= 0.3 is 24.3 Å². The molecular formula is C22H28F6N4O4S. The summed E-state index contributed by atoms with van der Waals surface area (Å²) < 4.78 is 65.6. The quantitative estimate of drug-likeness (QED) is 0.543. The number of aliphatic carboxylic acids is 2. The van der Waals surface area contributed by atoms with Crippen molar-refractivity contribution in [3.8, 4) is 0 Å². The average Bonchev–Trinajstić information content (AvgIpc) is 3.50. The van der Waals surface area contributed by atoms with Crippen LogP contribution in [0.2, 0.25) is 0 Å². The molecular weight excluding hydrogens is 530 g/mol. The molecule has 0 atom stereocenters. The molecule has 0 saturated carbocycles. The Bertz CT molecular complexity index is 1040. The molecule has 0 aliphatic carbocycles. The van der Waals surface area contributed by atoms with Gasteiger partial charge < -0.3 is 10.2 Å². The largest absolute Gasteiger partial charge is 0.490 e. The number of hydrogen-bond acceptors (Lipinski definition) is 6. The molecule has 0 radical (unpaired) electrons. The first kappa shape index (κ1) is 30.6. The first-order valence-corrected chi connectivity index (χ1v) is 12.0. The summed E-state index contributed by atoms with van der Waals surface area (Å²) >= 11 is 1.92. The van der Waals surface area contributed by atoms with E-state index in [2.05, 4.69) is 40.6 Å². The molecule has 4 heterocycles. The van der Waals surface area contributed by atoms with Gasteiger partial charge in [0.15, 0.2) is 0 Å². The second kappa shape index (κ2) is 12.7. The normalized spacial score (nSPS) is 16.3. The third kappa shape index (κ3) is 9.63. The number of nitrogens with zero attached hydrogens (tertiary/aromatic N) is 4. The minimum absolute atomic E-state index is 1.04. The third-order valence-corrected chi connectivity index (χ3v) is 6.63. The van der Waals surface area contributed by atoms with Crippen molar-refractivity contribution in [1.82, 2.24) is 19.6 Å². The molecule has 2 aromatic rings. The predicted octanol–water partition coefficient (Wildman–Crippen LogP) is 4.21. The van der Waals surface area contributed by atoms with Gasteiger partial charge in [0, 0.05) is 48.5 Å². The van der Waals surface area contributed by atoms with Crippen LogP contribution in [0.4, 0.5) is 26.3 Å². The SMILES string of the molecule is Cc1ccc(CN2CCc3c(CN4CCCC4)nn(C)c3C2)s1.O=C(O)C(F)(F)F.O=C(O)C(F)(F)F. The van der Waals surface area contributed by atoms with Crippen molar-refractivity contribution < 1.29 is 46.1 Å². The molecule has 2 N–H and O–H groups in total. The number of halogens is 6. The van der Waals surface area contributed by atoms with Gasteiger partial charge in [-0.3, -0.25) is 14.5 Å². The maximum atomic E-state index is 10.6. The lowest BCUT2D eigenvalue weighted by Crippen LogP contribution is -2.31. The van der Waals surface area contributed by atoms with Crippen LogP contribution in [0.15, 0.2) is 12.1 Å². The Morgan fingerprint density at radius 2 is 1.49 bits per heavy atom. The minimum Gasteiger partial charge on any atom is -0.475 e. The number of carboxylic acids is 2. The van der Waals surface area contributed by atoms with Crippen LogP contribution in [0.3, 0.4) is 0 Å². The number of fused-ring (bicyclic) bond motifs is 1. The Morgan fingerprint density at radius 3 is 1.95 bits per heavy atom. The molecule has 0 bridgehead atoms. The van der Waals surface area contributed by atoms with E-state index in [1.807, 2.05) is 11.3 Å². The Kier molecular flexibility index (Phi) is 10.5. The number of likely N-dealkylation sites (tertiary alicyclic amines) is 1. The summed E-state index contributed by atoms with van der Waals surface area (Å²) in [5, 5.41) is 19.1. The highest BCUT2D eigenvalue weighted by Crippen LogP contribution is 2.26. The molecule has 2 aliphatic rings. The van der Waals surface area contributed by atoms with Crippen LogP contribution in [-0.2, 0) is 42.7 Å². The first-order chi connectivity index (χ1) is 17.1. The van der Waals surface area contributed by atoms with E-state index in [9.17, 15) is 26.3 Å². The predicted molar refractivity (Wildman–Crippen MR) is 122 cm³/mol. The Hall–Kier alpha value is -2.65. The lowest BCUT2D eigenvalue weighted by atomic mass is 10.0. The smallest absolute Gasteiger partial charge is 0.475 e. The standard InChI is InChI=1S/C18H26N4S.2C2HF3O2/c1-14-5-6-15(23-14)11-22-10-7-16-17(12-21-8-3-4-9-21)19-20(2)18(16)13-22;2*3-2(4,5)1(6)7/h5-6H,3-4,7-13H2,1-2H3;2*(H,6,7). The van der Waals surface area contributed by atoms with E-state index < -0.39 is 24.3 Å². The molecule has 208 valence electrons. The molecule has 0 aromatic carbocycles. The van der Waals surface area contributed by atoms with Crippen molar-refractivity contribution in [1.29, 1.82) is 0 Å². The zero-order chi connectivity index (χ0) is 28.0. The topological polar surface area (TPSA) is 98.9 Å². The van der Waals surface area contributed by atoms with Crippen LogP contribution >= 0.6 is 11.3 Å². The summed E-state index contributed by atoms with van der Waals surface area (Å²) in [6.07, 6.45) is -6.32. The van der Waals surface area contributed by atoms with E-state index >= 15 is 0 Å². The number of alkyl halides is 6. The zero-order valence-electron chi connectivity index (χ0n) is 20.2. The fourth-order valence-electron chi connectivity index (χ4n) is 3.92. The summed E-state index contributed by atoms with van der Waals surface area (Å²) in [6.45, 7) is 8.99. The van der Waals surface area contributed by atoms with Crippen LogP contribution < -0.4 is 0 Å². The molecule has 1 fully saturated rings. The van der Waals surface area contributed by atoms with Gasteiger partial charge in [-0.15, -0.1) is 11.3 Å². The summed E-state index contributed by atoms with van der Waals surface area (Å²) in [5.41, 5.74) is 4.28. The number of hydrogen-bond donors (Lipinski definition) is 2. The minimum atomic E-state index is -5.08. The van der Waals surface area contributed by atoms with E-state index in [0.29, 0.717) is 0 Å². The van der Waals surface area contributed by atoms with Crippen LogP contribution in [0.25, 0.3) is 0 Å². The van der Waals surface area contributed by atoms with Crippen molar-refractivity contribution in [2.24, 2.45) is 7.05 Å². The Labute approximate surface area is 213 Å². The second-order valence-corrected chi connectivity index (χ2v) is 9.93. The Balaban J connectivity index is 0.000000286. The molecule has 0 spiro atoms. The van der Waals surface area contributed by atoms with E-state index in [1.54, 1.807) is 0 Å². The average molecular weight is 559 g/mol. The molecule has 15 heteroatoms. The van der Waals surface area contributed by atoms with E-state index in [1.165, 1.54) is 52.6 Å². The van der Waals surface area contributed by atoms with Gasteiger partial charge in [-0.05, 0) is 51.4 Å². The van der Waals surface area contributed by atoms with Crippen molar-refractivity contribution in [2.45, 2.75) is 58.2 Å². The lowest BCUT2D eigenvalue weighted by Gasteiger charge is -2.27. The van der Waals surface area contributed by atoms with Gasteiger partial charge in [-0.1, -0.05) is 0 Å². The van der Waals surface area contributed by atoms with Gasteiger partial charge in [0.1, 0.15) is 0 Å². The molecule has 4 rings (SSSR count). The van der Waals surface area contributed by atoms with Gasteiger partial charge in [0.05, 0.1) is 11.4 Å². The number of carbonyl (C=O) groups is 2. The zero-order valence-corrected chi connectivity index (χ0v) is 21.0. The summed E-state index contributed by atoms with van der Waals surface area (Å²) in [6, 6.07) is 4.51. The fraction of sp³-hybridized carbons (Fsp3) is 0.591. The maximum Gasteiger partial charge on any atom is 0.490 e. The third-order valence-electron chi connectivity index (χ3n) is 5.64. The number of aryl methyl sites for hydroxylation is 2. The van der Waals surface area contributed by atoms with E-state index in [-0.39, 0.29) is 0 Å². The highest BCUT2D eigenvalue weighted by atomic mass is 32.1. The molecule has 8 nitrogen and oxygen atoms in total. The van der Waals surface area contributed by atoms with Gasteiger partial charge in [0.25, 0.3) is 0 Å². The first-order valence-electron chi connectivity index (χ1n) is 11.2. The lowest BCUT2D eigenvalue weighted by molar-refractivity contribution is -0.193. The molecule has 1 saturated heterocycles. The van der Waals surface area contributed by atoms with Crippen LogP contribution in [0.1, 0.15) is 39.5 Å². The van der Waals surface area contributed by atoms with Crippen molar-refractivity contribution in [3.63, 3.8) is 0 Å². The maximum absolute atomic E-state index is 10.6. The van der Waals surface area contributed by atoms with Crippen molar-refractivity contribution in [3.05, 3.63) is 38.8 Å². The monoisotopic (exact) mass is 558 g/mol. The molecule has 0 unspecified atom stereocenters. The number of aromatic nitrogens is 2. The summed E-state index contributed by atoms with van der Waals surface area (Å²) in [5.74, 6) is -5.51.